The van der Waals surface area contributed by atoms with Gasteiger partial charge in [0.05, 0.1) is 40.7 Å². The number of hydrogen-bond acceptors (Lipinski definition) is 6. The van der Waals surface area contributed by atoms with E-state index in [0.717, 1.165) is 16.7 Å². The van der Waals surface area contributed by atoms with Gasteiger partial charge in [0.1, 0.15) is 0 Å². The van der Waals surface area contributed by atoms with Crippen LogP contribution >= 0.6 is 11.6 Å². The maximum atomic E-state index is 12.5. The number of carbonyl (C=O) groups is 1. The normalized spacial score (nSPS) is 10.5. The molecule has 0 bridgehead atoms. The summed E-state index contributed by atoms with van der Waals surface area (Å²) in [4.78, 5) is 29.8. The lowest BCUT2D eigenvalue weighted by Gasteiger charge is -2.11. The van der Waals surface area contributed by atoms with Crippen molar-refractivity contribution >= 4 is 34.8 Å². The highest BCUT2D eigenvalue weighted by molar-refractivity contribution is 6.32. The Morgan fingerprint density at radius 1 is 0.743 bits per heavy atom. The summed E-state index contributed by atoms with van der Waals surface area (Å²) < 4.78 is 0. The zero-order valence-electron chi connectivity index (χ0n) is 18.4. The highest BCUT2D eigenvalue weighted by Gasteiger charge is 2.11. The summed E-state index contributed by atoms with van der Waals surface area (Å²) in [5.41, 5.74) is 5.17. The van der Waals surface area contributed by atoms with Gasteiger partial charge in [-0.1, -0.05) is 54.1 Å². The van der Waals surface area contributed by atoms with Gasteiger partial charge in [0, 0.05) is 29.1 Å². The third kappa shape index (κ3) is 5.31. The van der Waals surface area contributed by atoms with Gasteiger partial charge in [-0.05, 0) is 35.9 Å². The second-order valence-electron chi connectivity index (χ2n) is 7.62. The number of carbonyl (C=O) groups excluding carboxylic acids is 1. The molecule has 5 rings (SSSR count). The zero-order chi connectivity index (χ0) is 24.0. The van der Waals surface area contributed by atoms with Crippen molar-refractivity contribution in [3.05, 3.63) is 114 Å². The number of anilines is 3. The molecule has 0 saturated carbocycles. The van der Waals surface area contributed by atoms with Gasteiger partial charge < -0.3 is 10.6 Å². The topological polar surface area (TPSA) is 92.7 Å². The van der Waals surface area contributed by atoms with Gasteiger partial charge in [0.2, 0.25) is 5.95 Å². The molecule has 0 aliphatic carbocycles. The first kappa shape index (κ1) is 22.2. The number of nitrogens with one attached hydrogen (secondary N) is 2. The third-order valence-corrected chi connectivity index (χ3v) is 5.44. The number of benzene rings is 2. The van der Waals surface area contributed by atoms with Crippen LogP contribution in [0.25, 0.3) is 22.4 Å². The molecule has 2 aromatic carbocycles. The van der Waals surface area contributed by atoms with E-state index >= 15 is 0 Å². The molecular weight excluding hydrogens is 460 g/mol. The molecule has 35 heavy (non-hydrogen) atoms. The minimum Gasteiger partial charge on any atom is -0.323 e. The number of halogens is 1. The van der Waals surface area contributed by atoms with Crippen LogP contribution in [-0.2, 0) is 0 Å². The van der Waals surface area contributed by atoms with Crippen molar-refractivity contribution in [1.82, 2.24) is 19.9 Å². The fourth-order valence-electron chi connectivity index (χ4n) is 3.51. The van der Waals surface area contributed by atoms with Gasteiger partial charge in [-0.25, -0.2) is 9.97 Å². The van der Waals surface area contributed by atoms with E-state index in [1.165, 1.54) is 0 Å². The second kappa shape index (κ2) is 10.1. The molecule has 0 aliphatic heterocycles. The standard InChI is InChI=1S/C27H19ClN6O/c28-24-17-31-27(34-25(24)20-9-4-8-19(12-20)21-10-5-11-29-14-21)33-23-13-22(15-30-16-23)32-26(35)18-6-2-1-3-7-18/h1-17H,(H,32,35)(H,31,33,34). The Bertz CT molecular complexity index is 1480. The van der Waals surface area contributed by atoms with E-state index in [4.69, 9.17) is 11.6 Å². The Labute approximate surface area is 206 Å². The van der Waals surface area contributed by atoms with Crippen LogP contribution in [0.15, 0.2) is 104 Å². The van der Waals surface area contributed by atoms with Gasteiger partial charge in [-0.2, -0.15) is 0 Å². The lowest BCUT2D eigenvalue weighted by atomic mass is 10.0. The molecular formula is C27H19ClN6O. The number of aromatic nitrogens is 4. The van der Waals surface area contributed by atoms with Crippen LogP contribution in [0.2, 0.25) is 5.02 Å². The summed E-state index contributed by atoms with van der Waals surface area (Å²) in [6, 6.07) is 22.5. The van der Waals surface area contributed by atoms with Crippen molar-refractivity contribution in [1.29, 1.82) is 0 Å². The second-order valence-corrected chi connectivity index (χ2v) is 8.03. The number of nitrogens with zero attached hydrogens (tertiary/aromatic N) is 4. The zero-order valence-corrected chi connectivity index (χ0v) is 19.1. The minimum absolute atomic E-state index is 0.219. The van der Waals surface area contributed by atoms with Crippen molar-refractivity contribution in [2.75, 3.05) is 10.6 Å². The summed E-state index contributed by atoms with van der Waals surface area (Å²) >= 11 is 6.45. The van der Waals surface area contributed by atoms with Crippen LogP contribution in [0.5, 0.6) is 0 Å². The van der Waals surface area contributed by atoms with Crippen LogP contribution in [-0.4, -0.2) is 25.8 Å². The molecule has 7 nitrogen and oxygen atoms in total. The molecule has 0 fully saturated rings. The Balaban J connectivity index is 1.37. The van der Waals surface area contributed by atoms with Crippen LogP contribution < -0.4 is 10.6 Å². The Morgan fingerprint density at radius 3 is 2.37 bits per heavy atom. The SMILES string of the molecule is O=C(Nc1cncc(Nc2ncc(Cl)c(-c3cccc(-c4cccnc4)c3)n2)c1)c1ccccc1. The van der Waals surface area contributed by atoms with Crippen LogP contribution in [0.1, 0.15) is 10.4 Å². The number of pyridine rings is 2. The van der Waals surface area contributed by atoms with Crippen molar-refractivity contribution < 1.29 is 4.79 Å². The minimum atomic E-state index is -0.219. The molecule has 1 amide bonds. The summed E-state index contributed by atoms with van der Waals surface area (Å²) in [6.07, 6.45) is 8.30. The van der Waals surface area contributed by atoms with E-state index < -0.39 is 0 Å². The molecule has 170 valence electrons. The molecule has 2 N–H and O–H groups in total. The first-order chi connectivity index (χ1) is 17.2. The van der Waals surface area contributed by atoms with Crippen LogP contribution in [0.4, 0.5) is 17.3 Å². The van der Waals surface area contributed by atoms with Gasteiger partial charge in [-0.3, -0.25) is 14.8 Å². The monoisotopic (exact) mass is 478 g/mol. The van der Waals surface area contributed by atoms with Gasteiger partial charge >= 0.3 is 0 Å². The molecule has 0 radical (unpaired) electrons. The average molecular weight is 479 g/mol. The molecule has 0 unspecified atom stereocenters. The Morgan fingerprint density at radius 2 is 1.54 bits per heavy atom. The van der Waals surface area contributed by atoms with Crippen LogP contribution in [0.3, 0.4) is 0 Å². The molecule has 3 heterocycles. The highest BCUT2D eigenvalue weighted by atomic mass is 35.5. The first-order valence-corrected chi connectivity index (χ1v) is 11.2. The summed E-state index contributed by atoms with van der Waals surface area (Å²) in [6.45, 7) is 0. The Hall–Kier alpha value is -4.62. The summed E-state index contributed by atoms with van der Waals surface area (Å²) in [5, 5.41) is 6.41. The third-order valence-electron chi connectivity index (χ3n) is 5.16. The predicted octanol–water partition coefficient (Wildman–Crippen LogP) is 6.25. The van der Waals surface area contributed by atoms with Crippen molar-refractivity contribution in [2.24, 2.45) is 0 Å². The molecule has 0 aliphatic rings. The van der Waals surface area contributed by atoms with E-state index in [0.29, 0.717) is 33.6 Å². The fourth-order valence-corrected chi connectivity index (χ4v) is 3.71. The molecule has 5 aromatic rings. The number of hydrogen-bond donors (Lipinski definition) is 2. The predicted molar refractivity (Wildman–Crippen MR) is 138 cm³/mol. The van der Waals surface area contributed by atoms with Crippen molar-refractivity contribution in [2.45, 2.75) is 0 Å². The molecule has 3 aromatic heterocycles. The van der Waals surface area contributed by atoms with E-state index in [9.17, 15) is 4.79 Å². The molecule has 0 atom stereocenters. The van der Waals surface area contributed by atoms with Gasteiger partial charge in [0.15, 0.2) is 0 Å². The smallest absolute Gasteiger partial charge is 0.255 e. The maximum Gasteiger partial charge on any atom is 0.255 e. The maximum absolute atomic E-state index is 12.5. The lowest BCUT2D eigenvalue weighted by Crippen LogP contribution is -2.12. The van der Waals surface area contributed by atoms with Crippen molar-refractivity contribution in [3.8, 4) is 22.4 Å². The van der Waals surface area contributed by atoms with E-state index in [2.05, 4.69) is 30.6 Å². The fraction of sp³-hybridized carbons (Fsp3) is 0. The largest absolute Gasteiger partial charge is 0.323 e. The first-order valence-electron chi connectivity index (χ1n) is 10.8. The number of amides is 1. The summed E-state index contributed by atoms with van der Waals surface area (Å²) in [5.74, 6) is 0.132. The van der Waals surface area contributed by atoms with Crippen LogP contribution in [0, 0.1) is 0 Å². The summed E-state index contributed by atoms with van der Waals surface area (Å²) in [7, 11) is 0. The highest BCUT2D eigenvalue weighted by Crippen LogP contribution is 2.30. The van der Waals surface area contributed by atoms with E-state index in [1.807, 2.05) is 60.8 Å². The lowest BCUT2D eigenvalue weighted by molar-refractivity contribution is 0.102. The van der Waals surface area contributed by atoms with Gasteiger partial charge in [0.25, 0.3) is 5.91 Å². The molecule has 0 spiro atoms. The van der Waals surface area contributed by atoms with Crippen molar-refractivity contribution in [3.63, 3.8) is 0 Å². The van der Waals surface area contributed by atoms with E-state index in [-0.39, 0.29) is 5.91 Å². The molecule has 0 saturated heterocycles. The molecule has 8 heteroatoms. The van der Waals surface area contributed by atoms with Gasteiger partial charge in [-0.15, -0.1) is 0 Å². The van der Waals surface area contributed by atoms with E-state index in [1.54, 1.807) is 43.0 Å². The number of rotatable bonds is 6. The quantitative estimate of drug-likeness (QED) is 0.299. The average Bonchev–Trinajstić information content (AvgIpc) is 2.91. The Kier molecular flexibility index (Phi) is 6.41.